The summed E-state index contributed by atoms with van der Waals surface area (Å²) < 4.78 is 37.9. The molecular formula is C17H15F3N2O. The molecular weight excluding hydrogens is 305 g/mol. The van der Waals surface area contributed by atoms with E-state index in [1.54, 1.807) is 18.2 Å². The molecule has 2 N–H and O–H groups in total. The number of aliphatic hydroxyl groups is 1. The first-order valence-corrected chi connectivity index (χ1v) is 6.91. The van der Waals surface area contributed by atoms with E-state index in [1.165, 1.54) is 6.07 Å². The van der Waals surface area contributed by atoms with Crippen molar-refractivity contribution in [1.82, 2.24) is 0 Å². The van der Waals surface area contributed by atoms with Crippen molar-refractivity contribution < 1.29 is 18.3 Å². The van der Waals surface area contributed by atoms with Gasteiger partial charge in [-0.05, 0) is 30.7 Å². The van der Waals surface area contributed by atoms with E-state index in [-0.39, 0.29) is 17.8 Å². The fraction of sp³-hybridized carbons (Fsp3) is 0.235. The van der Waals surface area contributed by atoms with E-state index in [9.17, 15) is 18.3 Å². The summed E-state index contributed by atoms with van der Waals surface area (Å²) >= 11 is 0. The molecule has 3 nitrogen and oxygen atoms in total. The number of hydrogen-bond donors (Lipinski definition) is 2. The molecule has 2 aromatic rings. The molecule has 0 radical (unpaired) electrons. The monoisotopic (exact) mass is 320 g/mol. The van der Waals surface area contributed by atoms with Gasteiger partial charge in [-0.15, -0.1) is 0 Å². The molecule has 0 spiro atoms. The highest BCUT2D eigenvalue weighted by atomic mass is 19.4. The highest BCUT2D eigenvalue weighted by Crippen LogP contribution is 2.31. The van der Waals surface area contributed by atoms with Gasteiger partial charge in [-0.1, -0.05) is 29.8 Å². The quantitative estimate of drug-likeness (QED) is 0.894. The van der Waals surface area contributed by atoms with Gasteiger partial charge >= 0.3 is 6.18 Å². The first kappa shape index (κ1) is 16.8. The Bertz CT molecular complexity index is 718. The molecule has 0 saturated heterocycles. The number of hydrogen-bond acceptors (Lipinski definition) is 3. The summed E-state index contributed by atoms with van der Waals surface area (Å²) in [6.45, 7) is 2.01. The predicted molar refractivity (Wildman–Crippen MR) is 80.8 cm³/mol. The van der Waals surface area contributed by atoms with Gasteiger partial charge in [0, 0.05) is 6.54 Å². The molecule has 0 aliphatic rings. The van der Waals surface area contributed by atoms with Gasteiger partial charge in [-0.3, -0.25) is 0 Å². The molecule has 2 aromatic carbocycles. The molecule has 2 rings (SSSR count). The van der Waals surface area contributed by atoms with E-state index in [1.807, 2.05) is 19.1 Å². The van der Waals surface area contributed by atoms with Crippen molar-refractivity contribution in [2.45, 2.75) is 19.2 Å². The van der Waals surface area contributed by atoms with Gasteiger partial charge in [0.1, 0.15) is 6.07 Å². The molecule has 0 heterocycles. The van der Waals surface area contributed by atoms with Crippen molar-refractivity contribution in [1.29, 1.82) is 5.26 Å². The van der Waals surface area contributed by atoms with E-state index < -0.39 is 17.8 Å². The number of anilines is 1. The van der Waals surface area contributed by atoms with Gasteiger partial charge in [-0.25, -0.2) is 0 Å². The number of nitrogens with one attached hydrogen (secondary N) is 1. The molecule has 0 aromatic heterocycles. The lowest BCUT2D eigenvalue weighted by Crippen LogP contribution is -2.13. The van der Waals surface area contributed by atoms with Crippen LogP contribution in [-0.2, 0) is 6.18 Å². The molecule has 0 bridgehead atoms. The molecule has 0 aliphatic carbocycles. The zero-order valence-corrected chi connectivity index (χ0v) is 12.4. The van der Waals surface area contributed by atoms with Crippen molar-refractivity contribution in [3.8, 4) is 6.07 Å². The van der Waals surface area contributed by atoms with Crippen molar-refractivity contribution in [2.24, 2.45) is 0 Å². The van der Waals surface area contributed by atoms with Crippen molar-refractivity contribution in [3.05, 3.63) is 64.7 Å². The Kier molecular flexibility index (Phi) is 4.92. The van der Waals surface area contributed by atoms with E-state index >= 15 is 0 Å². The summed E-state index contributed by atoms with van der Waals surface area (Å²) in [7, 11) is 0. The summed E-state index contributed by atoms with van der Waals surface area (Å²) in [5, 5.41) is 21.9. The maximum atomic E-state index is 12.6. The van der Waals surface area contributed by atoms with Gasteiger partial charge in [-0.2, -0.15) is 18.4 Å². The fourth-order valence-corrected chi connectivity index (χ4v) is 2.08. The minimum atomic E-state index is -4.49. The summed E-state index contributed by atoms with van der Waals surface area (Å²) in [4.78, 5) is 0. The number of rotatable bonds is 4. The van der Waals surface area contributed by atoms with Gasteiger partial charge < -0.3 is 10.4 Å². The van der Waals surface area contributed by atoms with Crippen LogP contribution in [-0.4, -0.2) is 11.7 Å². The Balaban J connectivity index is 2.11. The zero-order valence-electron chi connectivity index (χ0n) is 12.4. The highest BCUT2D eigenvalue weighted by molar-refractivity contribution is 5.59. The Morgan fingerprint density at radius 3 is 2.39 bits per heavy atom. The third-order valence-electron chi connectivity index (χ3n) is 3.42. The van der Waals surface area contributed by atoms with Crippen LogP contribution in [0, 0.1) is 18.3 Å². The minimum absolute atomic E-state index is 0.0864. The lowest BCUT2D eigenvalue weighted by atomic mass is 10.1. The standard InChI is InChI=1S/C17H15F3N2O/c1-11-2-4-12(5-3-11)16(23)10-22-15-7-6-14(17(18,19)20)8-13(15)9-21/h2-8,16,22-23H,10H2,1H3. The number of nitrogens with zero attached hydrogens (tertiary/aromatic N) is 1. The highest BCUT2D eigenvalue weighted by Gasteiger charge is 2.31. The molecule has 1 unspecified atom stereocenters. The molecule has 6 heteroatoms. The maximum Gasteiger partial charge on any atom is 0.416 e. The van der Waals surface area contributed by atoms with E-state index in [4.69, 9.17) is 5.26 Å². The first-order valence-electron chi connectivity index (χ1n) is 6.91. The van der Waals surface area contributed by atoms with Crippen LogP contribution in [0.4, 0.5) is 18.9 Å². The summed E-state index contributed by atoms with van der Waals surface area (Å²) in [6.07, 6.45) is -5.32. The summed E-state index contributed by atoms with van der Waals surface area (Å²) in [6, 6.07) is 11.9. The summed E-state index contributed by atoms with van der Waals surface area (Å²) in [5.41, 5.74) is 1.01. The molecule has 0 fully saturated rings. The number of nitriles is 1. The van der Waals surface area contributed by atoms with Crippen LogP contribution in [0.5, 0.6) is 0 Å². The van der Waals surface area contributed by atoms with Crippen molar-refractivity contribution >= 4 is 5.69 Å². The molecule has 0 saturated carbocycles. The van der Waals surface area contributed by atoms with Crippen molar-refractivity contribution in [3.63, 3.8) is 0 Å². The summed E-state index contributed by atoms with van der Waals surface area (Å²) in [5.74, 6) is 0. The van der Waals surface area contributed by atoms with Gasteiger partial charge in [0.25, 0.3) is 0 Å². The second-order valence-electron chi connectivity index (χ2n) is 5.18. The lowest BCUT2D eigenvalue weighted by molar-refractivity contribution is -0.137. The Morgan fingerprint density at radius 1 is 1.17 bits per heavy atom. The second kappa shape index (κ2) is 6.71. The smallest absolute Gasteiger partial charge is 0.387 e. The van der Waals surface area contributed by atoms with Crippen LogP contribution >= 0.6 is 0 Å². The number of benzene rings is 2. The average Bonchev–Trinajstić information content (AvgIpc) is 2.52. The minimum Gasteiger partial charge on any atom is -0.387 e. The third kappa shape index (κ3) is 4.24. The zero-order chi connectivity index (χ0) is 17.0. The largest absolute Gasteiger partial charge is 0.416 e. The molecule has 120 valence electrons. The Labute approximate surface area is 132 Å². The van der Waals surface area contributed by atoms with Crippen LogP contribution in [0.15, 0.2) is 42.5 Å². The van der Waals surface area contributed by atoms with Crippen LogP contribution < -0.4 is 5.32 Å². The predicted octanol–water partition coefficient (Wildman–Crippen LogP) is 4.03. The molecule has 23 heavy (non-hydrogen) atoms. The number of aliphatic hydroxyl groups excluding tert-OH is 1. The van der Waals surface area contributed by atoms with E-state index in [0.29, 0.717) is 5.56 Å². The molecule has 1 atom stereocenters. The van der Waals surface area contributed by atoms with Crippen LogP contribution in [0.1, 0.15) is 28.4 Å². The number of aryl methyl sites for hydroxylation is 1. The lowest BCUT2D eigenvalue weighted by Gasteiger charge is -2.15. The Hall–Kier alpha value is -2.52. The second-order valence-corrected chi connectivity index (χ2v) is 5.18. The normalized spacial score (nSPS) is 12.5. The Morgan fingerprint density at radius 2 is 1.83 bits per heavy atom. The fourth-order valence-electron chi connectivity index (χ4n) is 2.08. The number of alkyl halides is 3. The van der Waals surface area contributed by atoms with Crippen LogP contribution in [0.2, 0.25) is 0 Å². The van der Waals surface area contributed by atoms with Gasteiger partial charge in [0.05, 0.1) is 22.9 Å². The number of halogens is 3. The van der Waals surface area contributed by atoms with Gasteiger partial charge in [0.15, 0.2) is 0 Å². The van der Waals surface area contributed by atoms with Crippen molar-refractivity contribution in [2.75, 3.05) is 11.9 Å². The molecule has 0 amide bonds. The van der Waals surface area contributed by atoms with Crippen LogP contribution in [0.25, 0.3) is 0 Å². The SMILES string of the molecule is Cc1ccc(C(O)CNc2ccc(C(F)(F)F)cc2C#N)cc1. The van der Waals surface area contributed by atoms with Gasteiger partial charge in [0.2, 0.25) is 0 Å². The van der Waals surface area contributed by atoms with Crippen LogP contribution in [0.3, 0.4) is 0 Å². The average molecular weight is 320 g/mol. The molecule has 0 aliphatic heterocycles. The van der Waals surface area contributed by atoms with E-state index in [0.717, 1.165) is 17.7 Å². The first-order chi connectivity index (χ1) is 10.8. The topological polar surface area (TPSA) is 56.0 Å². The third-order valence-corrected chi connectivity index (χ3v) is 3.42. The maximum absolute atomic E-state index is 12.6. The van der Waals surface area contributed by atoms with E-state index in [2.05, 4.69) is 5.32 Å².